The minimum absolute atomic E-state index is 0.118. The third-order valence-corrected chi connectivity index (χ3v) is 4.27. The van der Waals surface area contributed by atoms with Crippen LogP contribution in [0.3, 0.4) is 0 Å². The molecule has 1 unspecified atom stereocenters. The fraction of sp³-hybridized carbons (Fsp3) is 0.450. The van der Waals surface area contributed by atoms with Crippen molar-refractivity contribution in [3.8, 4) is 0 Å². The molecular weight excluding hydrogens is 256 g/mol. The van der Waals surface area contributed by atoms with Gasteiger partial charge in [0.05, 0.1) is 0 Å². The number of carbonyl (C=O) groups excluding carboxylic acids is 1. The Bertz CT molecular complexity index is 519. The van der Waals surface area contributed by atoms with Gasteiger partial charge in [-0.1, -0.05) is 47.6 Å². The number of ketones is 1. The van der Waals surface area contributed by atoms with Crippen molar-refractivity contribution in [2.24, 2.45) is 5.92 Å². The molecule has 1 aromatic carbocycles. The minimum Gasteiger partial charge on any atom is -0.289 e. The largest absolute Gasteiger partial charge is 0.289 e. The molecular formula is C20H26O. The molecule has 1 aliphatic rings. The van der Waals surface area contributed by atoms with Gasteiger partial charge < -0.3 is 0 Å². The molecule has 1 aromatic rings. The highest BCUT2D eigenvalue weighted by Gasteiger charge is 2.11. The summed E-state index contributed by atoms with van der Waals surface area (Å²) in [6.45, 7) is 4.28. The Labute approximate surface area is 128 Å². The van der Waals surface area contributed by atoms with Crippen LogP contribution in [0.4, 0.5) is 0 Å². The van der Waals surface area contributed by atoms with E-state index in [9.17, 15) is 4.79 Å². The molecule has 21 heavy (non-hydrogen) atoms. The van der Waals surface area contributed by atoms with Gasteiger partial charge >= 0.3 is 0 Å². The van der Waals surface area contributed by atoms with E-state index in [4.69, 9.17) is 0 Å². The van der Waals surface area contributed by atoms with E-state index in [1.807, 2.05) is 37.3 Å². The molecule has 0 aliphatic heterocycles. The Balaban J connectivity index is 1.78. The van der Waals surface area contributed by atoms with E-state index < -0.39 is 0 Å². The molecule has 0 spiro atoms. The second-order valence-corrected chi connectivity index (χ2v) is 6.26. The van der Waals surface area contributed by atoms with Crippen molar-refractivity contribution < 1.29 is 4.79 Å². The average molecular weight is 282 g/mol. The van der Waals surface area contributed by atoms with E-state index in [0.717, 1.165) is 17.9 Å². The topological polar surface area (TPSA) is 17.1 Å². The van der Waals surface area contributed by atoms with Crippen molar-refractivity contribution in [3.05, 3.63) is 59.2 Å². The van der Waals surface area contributed by atoms with Crippen LogP contribution < -0.4 is 0 Å². The zero-order valence-corrected chi connectivity index (χ0v) is 13.3. The van der Waals surface area contributed by atoms with Crippen LogP contribution in [0.15, 0.2) is 48.1 Å². The molecule has 1 atom stereocenters. The quantitative estimate of drug-likeness (QED) is 0.387. The highest BCUT2D eigenvalue weighted by atomic mass is 16.1. The first kappa shape index (κ1) is 15.8. The third kappa shape index (κ3) is 5.34. The maximum atomic E-state index is 12.0. The van der Waals surface area contributed by atoms with Crippen molar-refractivity contribution in [1.82, 2.24) is 0 Å². The highest BCUT2D eigenvalue weighted by Crippen LogP contribution is 2.26. The number of aryl methyl sites for hydroxylation is 1. The molecule has 112 valence electrons. The van der Waals surface area contributed by atoms with Gasteiger partial charge in [0.1, 0.15) is 0 Å². The van der Waals surface area contributed by atoms with Crippen LogP contribution in [0.5, 0.6) is 0 Å². The molecule has 1 nitrogen and oxygen atoms in total. The maximum Gasteiger partial charge on any atom is 0.185 e. The van der Waals surface area contributed by atoms with E-state index >= 15 is 0 Å². The summed E-state index contributed by atoms with van der Waals surface area (Å²) in [5.41, 5.74) is 3.51. The summed E-state index contributed by atoms with van der Waals surface area (Å²) in [4.78, 5) is 12.0. The van der Waals surface area contributed by atoms with E-state index in [2.05, 4.69) is 13.0 Å². The molecule has 0 aromatic heterocycles. The molecule has 0 amide bonds. The van der Waals surface area contributed by atoms with Gasteiger partial charge in [-0.05, 0) is 64.4 Å². The maximum absolute atomic E-state index is 12.0. The van der Waals surface area contributed by atoms with Gasteiger partial charge in [-0.3, -0.25) is 4.79 Å². The zero-order chi connectivity index (χ0) is 15.1. The molecule has 0 saturated heterocycles. The van der Waals surface area contributed by atoms with Crippen molar-refractivity contribution >= 4 is 5.78 Å². The lowest BCUT2D eigenvalue weighted by Gasteiger charge is -2.13. The predicted octanol–water partition coefficient (Wildman–Crippen LogP) is 5.65. The van der Waals surface area contributed by atoms with Gasteiger partial charge in [0.25, 0.3) is 0 Å². The van der Waals surface area contributed by atoms with Crippen LogP contribution >= 0.6 is 0 Å². The summed E-state index contributed by atoms with van der Waals surface area (Å²) < 4.78 is 0. The van der Waals surface area contributed by atoms with Gasteiger partial charge in [-0.25, -0.2) is 0 Å². The van der Waals surface area contributed by atoms with Crippen LogP contribution in [-0.4, -0.2) is 5.78 Å². The monoisotopic (exact) mass is 282 g/mol. The smallest absolute Gasteiger partial charge is 0.185 e. The van der Waals surface area contributed by atoms with Crippen molar-refractivity contribution in [2.45, 2.75) is 52.4 Å². The summed E-state index contributed by atoms with van der Waals surface area (Å²) in [6, 6.07) is 7.78. The lowest BCUT2D eigenvalue weighted by atomic mass is 9.93. The molecule has 0 fully saturated rings. The Morgan fingerprint density at radius 2 is 2.00 bits per heavy atom. The number of hydrogen-bond acceptors (Lipinski definition) is 1. The van der Waals surface area contributed by atoms with Gasteiger partial charge in [-0.2, -0.15) is 0 Å². The highest BCUT2D eigenvalue weighted by molar-refractivity contribution is 6.04. The van der Waals surface area contributed by atoms with Gasteiger partial charge in [-0.15, -0.1) is 0 Å². The predicted molar refractivity (Wildman–Crippen MR) is 89.6 cm³/mol. The van der Waals surface area contributed by atoms with E-state index in [1.54, 1.807) is 6.08 Å². The second-order valence-electron chi connectivity index (χ2n) is 6.26. The standard InChI is InChI=1S/C20H26O/c1-16-11-13-19(14-12-16)20(21)10-6-5-9-18-8-4-3-7-17(2)15-18/h6-7,10-14,18H,3-5,8-9,15H2,1-2H3/b10-6+. The SMILES string of the molecule is CC1=CCCCC(CC/C=C/C(=O)c2ccc(C)cc2)C1. The van der Waals surface area contributed by atoms with Crippen molar-refractivity contribution in [1.29, 1.82) is 0 Å². The molecule has 1 heteroatoms. The number of rotatable bonds is 5. The molecule has 2 rings (SSSR count). The van der Waals surface area contributed by atoms with E-state index in [0.29, 0.717) is 0 Å². The van der Waals surface area contributed by atoms with Crippen LogP contribution in [0.2, 0.25) is 0 Å². The van der Waals surface area contributed by atoms with Crippen LogP contribution in [0.25, 0.3) is 0 Å². The Morgan fingerprint density at radius 1 is 1.24 bits per heavy atom. The summed E-state index contributed by atoms with van der Waals surface area (Å²) in [5, 5.41) is 0. The summed E-state index contributed by atoms with van der Waals surface area (Å²) in [7, 11) is 0. The lowest BCUT2D eigenvalue weighted by molar-refractivity contribution is 0.104. The summed E-state index contributed by atoms with van der Waals surface area (Å²) in [5.74, 6) is 0.912. The van der Waals surface area contributed by atoms with Gasteiger partial charge in [0.15, 0.2) is 5.78 Å². The number of allylic oxidation sites excluding steroid dienone is 4. The first-order chi connectivity index (χ1) is 10.1. The Hall–Kier alpha value is -1.63. The van der Waals surface area contributed by atoms with Gasteiger partial charge in [0, 0.05) is 5.56 Å². The van der Waals surface area contributed by atoms with Crippen LogP contribution in [0, 0.1) is 12.8 Å². The molecule has 0 heterocycles. The summed E-state index contributed by atoms with van der Waals surface area (Å²) >= 11 is 0. The average Bonchev–Trinajstić information content (AvgIpc) is 2.68. The van der Waals surface area contributed by atoms with Crippen molar-refractivity contribution in [3.63, 3.8) is 0 Å². The number of benzene rings is 1. The van der Waals surface area contributed by atoms with Crippen LogP contribution in [0.1, 0.15) is 61.4 Å². The zero-order valence-electron chi connectivity index (χ0n) is 13.3. The molecule has 0 saturated carbocycles. The first-order valence-corrected chi connectivity index (χ1v) is 8.08. The first-order valence-electron chi connectivity index (χ1n) is 8.08. The Morgan fingerprint density at radius 3 is 2.76 bits per heavy atom. The Kier molecular flexibility index (Phi) is 5.98. The number of hydrogen-bond donors (Lipinski definition) is 0. The fourth-order valence-electron chi connectivity index (χ4n) is 2.98. The minimum atomic E-state index is 0.118. The summed E-state index contributed by atoms with van der Waals surface area (Å²) in [6.07, 6.45) is 13.5. The molecule has 0 N–H and O–H groups in total. The van der Waals surface area contributed by atoms with E-state index in [-0.39, 0.29) is 5.78 Å². The molecule has 1 aliphatic carbocycles. The number of carbonyl (C=O) groups is 1. The molecule has 0 radical (unpaired) electrons. The third-order valence-electron chi connectivity index (χ3n) is 4.27. The van der Waals surface area contributed by atoms with Crippen LogP contribution in [-0.2, 0) is 0 Å². The fourth-order valence-corrected chi connectivity index (χ4v) is 2.98. The lowest BCUT2D eigenvalue weighted by Crippen LogP contribution is -1.99. The molecule has 0 bridgehead atoms. The van der Waals surface area contributed by atoms with Crippen molar-refractivity contribution in [2.75, 3.05) is 0 Å². The van der Waals surface area contributed by atoms with Gasteiger partial charge in [0.2, 0.25) is 0 Å². The second kappa shape index (κ2) is 7.97. The van der Waals surface area contributed by atoms with E-state index in [1.165, 1.54) is 43.2 Å². The normalized spacial score (nSPS) is 19.3.